The zero-order valence-corrected chi connectivity index (χ0v) is 34.9. The highest BCUT2D eigenvalue weighted by Gasteiger charge is 2.25. The lowest BCUT2D eigenvalue weighted by atomic mass is 10.1. The summed E-state index contributed by atoms with van der Waals surface area (Å²) >= 11 is 0. The Bertz CT molecular complexity index is 929. The van der Waals surface area contributed by atoms with Gasteiger partial charge in [-0.05, 0) is 44.9 Å². The largest absolute Gasteiger partial charge is 0.477 e. The third-order valence-electron chi connectivity index (χ3n) is 9.21. The Morgan fingerprint density at radius 2 is 1.02 bits per heavy atom. The molecule has 0 aromatic heterocycles. The molecule has 0 saturated carbocycles. The molecule has 0 fully saturated rings. The number of carbonyl (C=O) groups is 3. The number of carboxylic acids is 1. The summed E-state index contributed by atoms with van der Waals surface area (Å²) in [5, 5.41) is 9.61. The number of carboxylic acid groups (broad SMARTS) is 1. The average molecular weight is 753 g/mol. The van der Waals surface area contributed by atoms with E-state index in [1.807, 2.05) is 21.1 Å². The molecule has 9 nitrogen and oxygen atoms in total. The summed E-state index contributed by atoms with van der Waals surface area (Å²) in [7, 11) is 5.95. The van der Waals surface area contributed by atoms with Crippen molar-refractivity contribution < 1.29 is 42.9 Å². The maximum absolute atomic E-state index is 12.7. The number of ether oxygens (including phenoxy) is 4. The van der Waals surface area contributed by atoms with Crippen molar-refractivity contribution in [3.8, 4) is 0 Å². The molecular formula is C44H82NO8+. The van der Waals surface area contributed by atoms with Crippen molar-refractivity contribution in [2.45, 2.75) is 193 Å². The number of hydrogen-bond donors (Lipinski definition) is 1. The van der Waals surface area contributed by atoms with Gasteiger partial charge in [-0.3, -0.25) is 9.59 Å². The van der Waals surface area contributed by atoms with Gasteiger partial charge in [0.1, 0.15) is 13.2 Å². The quantitative estimate of drug-likeness (QED) is 0.0217. The number of likely N-dealkylation sites (N-methyl/N-ethyl adjacent to an activating group) is 1. The first-order valence-corrected chi connectivity index (χ1v) is 21.5. The van der Waals surface area contributed by atoms with Crippen LogP contribution in [0.2, 0.25) is 0 Å². The summed E-state index contributed by atoms with van der Waals surface area (Å²) < 4.78 is 22.7. The molecule has 0 saturated heterocycles. The zero-order valence-electron chi connectivity index (χ0n) is 34.9. The second kappa shape index (κ2) is 36.7. The van der Waals surface area contributed by atoms with E-state index in [0.717, 1.165) is 51.4 Å². The van der Waals surface area contributed by atoms with Gasteiger partial charge in [0.15, 0.2) is 6.10 Å². The van der Waals surface area contributed by atoms with Crippen molar-refractivity contribution in [1.29, 1.82) is 0 Å². The van der Waals surface area contributed by atoms with Crippen molar-refractivity contribution >= 4 is 17.9 Å². The van der Waals surface area contributed by atoms with E-state index in [0.29, 0.717) is 23.9 Å². The Hall–Kier alpha value is -2.23. The molecule has 0 aromatic rings. The number of quaternary nitrogens is 1. The fourth-order valence-corrected chi connectivity index (χ4v) is 5.81. The smallest absolute Gasteiger partial charge is 0.361 e. The van der Waals surface area contributed by atoms with Gasteiger partial charge in [0.05, 0.1) is 34.4 Å². The molecule has 0 amide bonds. The lowest BCUT2D eigenvalue weighted by molar-refractivity contribution is -0.870. The van der Waals surface area contributed by atoms with E-state index >= 15 is 0 Å². The number of hydrogen-bond acceptors (Lipinski definition) is 7. The van der Waals surface area contributed by atoms with Crippen molar-refractivity contribution in [3.63, 3.8) is 0 Å². The van der Waals surface area contributed by atoms with Gasteiger partial charge in [0, 0.05) is 12.8 Å². The number of allylic oxidation sites excluding steroid dienone is 4. The zero-order chi connectivity index (χ0) is 39.3. The van der Waals surface area contributed by atoms with Crippen LogP contribution in [-0.4, -0.2) is 87.4 Å². The Morgan fingerprint density at radius 1 is 0.566 bits per heavy atom. The molecule has 0 radical (unpaired) electrons. The van der Waals surface area contributed by atoms with Crippen molar-refractivity contribution in [3.05, 3.63) is 24.3 Å². The van der Waals surface area contributed by atoms with E-state index in [-0.39, 0.29) is 32.2 Å². The van der Waals surface area contributed by atoms with E-state index in [2.05, 4.69) is 38.2 Å². The van der Waals surface area contributed by atoms with E-state index in [9.17, 15) is 19.5 Å². The molecule has 0 spiro atoms. The standard InChI is InChI=1S/C44H81NO8/c1-6-8-10-12-14-16-18-19-20-21-22-23-24-25-27-29-31-33-35-42(47)53-40(39-52-44(43(48)49)50-37-36-45(3,4)5)38-51-41(46)34-32-30-28-26-17-15-13-11-9-7-2/h16,18,20-21,40,44H,6-15,17,19,22-39H2,1-5H3/p+1/b18-16-,21-20-. The van der Waals surface area contributed by atoms with Crippen LogP contribution < -0.4 is 0 Å². The minimum Gasteiger partial charge on any atom is -0.477 e. The van der Waals surface area contributed by atoms with Gasteiger partial charge >= 0.3 is 17.9 Å². The minimum absolute atomic E-state index is 0.182. The molecule has 9 heteroatoms. The van der Waals surface area contributed by atoms with Crippen LogP contribution in [0, 0.1) is 0 Å². The Kier molecular flexibility index (Phi) is 35.2. The van der Waals surface area contributed by atoms with Crippen LogP contribution in [0.3, 0.4) is 0 Å². The highest BCUT2D eigenvalue weighted by atomic mass is 16.7. The van der Waals surface area contributed by atoms with Crippen LogP contribution >= 0.6 is 0 Å². The van der Waals surface area contributed by atoms with Crippen LogP contribution in [0.25, 0.3) is 0 Å². The highest BCUT2D eigenvalue weighted by molar-refractivity contribution is 5.71. The molecule has 0 rings (SSSR count). The van der Waals surface area contributed by atoms with E-state index in [1.54, 1.807) is 0 Å². The normalized spacial score (nSPS) is 13.2. The fourth-order valence-electron chi connectivity index (χ4n) is 5.81. The van der Waals surface area contributed by atoms with Crippen LogP contribution in [0.15, 0.2) is 24.3 Å². The molecule has 2 unspecified atom stereocenters. The molecule has 0 heterocycles. The molecule has 1 N–H and O–H groups in total. The first kappa shape index (κ1) is 50.8. The molecule has 0 aliphatic rings. The molecule has 0 aromatic carbocycles. The van der Waals surface area contributed by atoms with Gasteiger partial charge in [0.2, 0.25) is 0 Å². The Labute approximate surface area is 325 Å². The minimum atomic E-state index is -1.51. The first-order valence-electron chi connectivity index (χ1n) is 21.5. The number of nitrogens with zero attached hydrogens (tertiary/aromatic N) is 1. The maximum Gasteiger partial charge on any atom is 0.361 e. The van der Waals surface area contributed by atoms with Crippen LogP contribution in [0.5, 0.6) is 0 Å². The summed E-state index contributed by atoms with van der Waals surface area (Å²) in [6.07, 6.45) is 35.2. The summed E-state index contributed by atoms with van der Waals surface area (Å²) in [6, 6.07) is 0. The van der Waals surface area contributed by atoms with Crippen molar-refractivity contribution in [2.24, 2.45) is 0 Å². The Morgan fingerprint density at radius 3 is 1.51 bits per heavy atom. The summed E-state index contributed by atoms with van der Waals surface area (Å²) in [4.78, 5) is 37.0. The van der Waals surface area contributed by atoms with Gasteiger partial charge in [-0.25, -0.2) is 4.79 Å². The highest BCUT2D eigenvalue weighted by Crippen LogP contribution is 2.14. The van der Waals surface area contributed by atoms with Gasteiger partial charge in [-0.1, -0.05) is 147 Å². The van der Waals surface area contributed by atoms with Crippen LogP contribution in [0.4, 0.5) is 0 Å². The third kappa shape index (κ3) is 37.9. The Balaban J connectivity index is 4.44. The maximum atomic E-state index is 12.7. The van der Waals surface area contributed by atoms with E-state index < -0.39 is 24.3 Å². The molecule has 310 valence electrons. The van der Waals surface area contributed by atoms with Gasteiger partial charge in [-0.15, -0.1) is 0 Å². The second-order valence-corrected chi connectivity index (χ2v) is 15.7. The lowest BCUT2D eigenvalue weighted by Gasteiger charge is -2.25. The van der Waals surface area contributed by atoms with Crippen LogP contribution in [-0.2, 0) is 33.3 Å². The topological polar surface area (TPSA) is 108 Å². The lowest BCUT2D eigenvalue weighted by Crippen LogP contribution is -2.40. The molecule has 0 aliphatic carbocycles. The summed E-state index contributed by atoms with van der Waals surface area (Å²) in [5.74, 6) is -2.02. The monoisotopic (exact) mass is 753 g/mol. The molecular weight excluding hydrogens is 670 g/mol. The summed E-state index contributed by atoms with van der Waals surface area (Å²) in [6.45, 7) is 4.83. The predicted octanol–water partition coefficient (Wildman–Crippen LogP) is 10.9. The number of unbranched alkanes of at least 4 members (excludes halogenated alkanes) is 20. The van der Waals surface area contributed by atoms with E-state index in [1.165, 1.54) is 96.3 Å². The molecule has 0 bridgehead atoms. The predicted molar refractivity (Wildman–Crippen MR) is 217 cm³/mol. The third-order valence-corrected chi connectivity index (χ3v) is 9.21. The molecule has 2 atom stereocenters. The fraction of sp³-hybridized carbons (Fsp3) is 0.841. The number of carbonyl (C=O) groups excluding carboxylic acids is 2. The van der Waals surface area contributed by atoms with Gasteiger partial charge < -0.3 is 28.5 Å². The number of aliphatic carboxylic acids is 1. The second-order valence-electron chi connectivity index (χ2n) is 15.7. The van der Waals surface area contributed by atoms with Gasteiger partial charge in [0.25, 0.3) is 6.29 Å². The number of esters is 2. The van der Waals surface area contributed by atoms with Crippen molar-refractivity contribution in [2.75, 3.05) is 47.5 Å². The SMILES string of the molecule is CCCCCC/C=C\C/C=C\CCCCCCCCCC(=O)OC(COC(=O)CCCCCCCCCCCC)COC(OCC[N+](C)(C)C)C(=O)O. The van der Waals surface area contributed by atoms with Crippen molar-refractivity contribution in [1.82, 2.24) is 0 Å². The van der Waals surface area contributed by atoms with E-state index in [4.69, 9.17) is 18.9 Å². The van der Waals surface area contributed by atoms with Gasteiger partial charge in [-0.2, -0.15) is 0 Å². The van der Waals surface area contributed by atoms with Crippen LogP contribution in [0.1, 0.15) is 181 Å². The molecule has 0 aliphatic heterocycles. The molecule has 53 heavy (non-hydrogen) atoms. The summed E-state index contributed by atoms with van der Waals surface area (Å²) in [5.41, 5.74) is 0. The first-order chi connectivity index (χ1) is 25.6. The average Bonchev–Trinajstić information content (AvgIpc) is 3.11. The number of rotatable bonds is 39.